The zero-order valence-electron chi connectivity index (χ0n) is 18.6. The molecule has 0 bridgehead atoms. The number of fused-ring (bicyclic) bond motifs is 5. The zero-order valence-corrected chi connectivity index (χ0v) is 18.6. The molecule has 0 radical (unpaired) electrons. The Morgan fingerprint density at radius 2 is 1.50 bits per heavy atom. The van der Waals surface area contributed by atoms with Crippen LogP contribution in [0, 0.1) is 5.41 Å². The Hall–Kier alpha value is -2.93. The van der Waals surface area contributed by atoms with E-state index in [2.05, 4.69) is 95.3 Å². The molecule has 0 unspecified atom stereocenters. The van der Waals surface area contributed by atoms with Crippen molar-refractivity contribution in [3.63, 3.8) is 0 Å². The molecule has 0 aliphatic heterocycles. The summed E-state index contributed by atoms with van der Waals surface area (Å²) in [6, 6.07) is 22.7. The fourth-order valence-corrected chi connectivity index (χ4v) is 4.81. The van der Waals surface area contributed by atoms with Crippen molar-refractivity contribution in [2.75, 3.05) is 0 Å². The van der Waals surface area contributed by atoms with Gasteiger partial charge in [-0.15, -0.1) is 0 Å². The van der Waals surface area contributed by atoms with E-state index in [1.807, 2.05) is 6.20 Å². The number of benzene rings is 3. The molecule has 30 heavy (non-hydrogen) atoms. The van der Waals surface area contributed by atoms with Crippen LogP contribution in [0.3, 0.4) is 0 Å². The second-order valence-corrected chi connectivity index (χ2v) is 10.1. The van der Waals surface area contributed by atoms with Crippen molar-refractivity contribution >= 4 is 10.8 Å². The first kappa shape index (κ1) is 19.1. The lowest BCUT2D eigenvalue weighted by Gasteiger charge is -2.20. The Balaban J connectivity index is 1.90. The highest BCUT2D eigenvalue weighted by Crippen LogP contribution is 2.47. The second-order valence-electron chi connectivity index (χ2n) is 10.1. The predicted octanol–water partition coefficient (Wildman–Crippen LogP) is 8.26. The third-order valence-electron chi connectivity index (χ3n) is 6.13. The van der Waals surface area contributed by atoms with E-state index in [4.69, 9.17) is 4.98 Å². The lowest BCUT2D eigenvalue weighted by atomic mass is 9.85. The standard InChI is InChI=1S/C29H29N/c1-18(2)20-10-11-24-25(16-20)22-8-6-7-9-23(22)26-15-19(17-29(3,4)5)14-21-12-13-30-28(24)27(21)26/h6-16,18H,17H2,1-5H3. The first-order valence-corrected chi connectivity index (χ1v) is 11.0. The molecule has 1 heterocycles. The Morgan fingerprint density at radius 1 is 0.767 bits per heavy atom. The number of aromatic nitrogens is 1. The van der Waals surface area contributed by atoms with E-state index in [9.17, 15) is 0 Å². The summed E-state index contributed by atoms with van der Waals surface area (Å²) in [5.74, 6) is 0.496. The summed E-state index contributed by atoms with van der Waals surface area (Å²) in [6.07, 6.45) is 3.03. The van der Waals surface area contributed by atoms with Crippen LogP contribution >= 0.6 is 0 Å². The summed E-state index contributed by atoms with van der Waals surface area (Å²) in [6.45, 7) is 11.5. The number of hydrogen-bond donors (Lipinski definition) is 0. The molecule has 4 aromatic rings. The van der Waals surface area contributed by atoms with E-state index in [0.29, 0.717) is 5.92 Å². The first-order valence-electron chi connectivity index (χ1n) is 11.0. The van der Waals surface area contributed by atoms with Gasteiger partial charge in [0, 0.05) is 17.1 Å². The van der Waals surface area contributed by atoms with Gasteiger partial charge in [-0.25, -0.2) is 0 Å². The molecule has 0 spiro atoms. The maximum absolute atomic E-state index is 4.90. The van der Waals surface area contributed by atoms with Crippen LogP contribution < -0.4 is 0 Å². The van der Waals surface area contributed by atoms with Crippen LogP contribution in [0.5, 0.6) is 0 Å². The molecule has 1 aliphatic rings. The lowest BCUT2D eigenvalue weighted by molar-refractivity contribution is 0.411. The first-order chi connectivity index (χ1) is 14.3. The maximum atomic E-state index is 4.90. The van der Waals surface area contributed by atoms with Gasteiger partial charge in [0.25, 0.3) is 0 Å². The third kappa shape index (κ3) is 3.13. The summed E-state index contributed by atoms with van der Waals surface area (Å²) in [5, 5.41) is 2.56. The van der Waals surface area contributed by atoms with Gasteiger partial charge >= 0.3 is 0 Å². The lowest BCUT2D eigenvalue weighted by Crippen LogP contribution is -2.09. The molecule has 0 atom stereocenters. The molecule has 3 aromatic carbocycles. The van der Waals surface area contributed by atoms with E-state index in [1.165, 1.54) is 49.7 Å². The maximum Gasteiger partial charge on any atom is 0.0792 e. The molecule has 1 aromatic heterocycles. The summed E-state index contributed by atoms with van der Waals surface area (Å²) >= 11 is 0. The third-order valence-corrected chi connectivity index (χ3v) is 6.13. The number of hydrogen-bond acceptors (Lipinski definition) is 1. The van der Waals surface area contributed by atoms with E-state index in [1.54, 1.807) is 0 Å². The summed E-state index contributed by atoms with van der Waals surface area (Å²) < 4.78 is 0. The van der Waals surface area contributed by atoms with Gasteiger partial charge in [0.15, 0.2) is 0 Å². The van der Waals surface area contributed by atoms with Gasteiger partial charge < -0.3 is 0 Å². The molecule has 1 nitrogen and oxygen atoms in total. The SMILES string of the molecule is CC(C)c1ccc2c(c1)-c1ccccc1-c1cc(CC(C)(C)C)cc3ccnc-2c13. The van der Waals surface area contributed by atoms with Crippen LogP contribution in [0.1, 0.15) is 51.7 Å². The summed E-state index contributed by atoms with van der Waals surface area (Å²) in [7, 11) is 0. The van der Waals surface area contributed by atoms with Crippen LogP contribution in [0.25, 0.3) is 44.3 Å². The highest BCUT2D eigenvalue weighted by Gasteiger charge is 2.24. The average molecular weight is 392 g/mol. The fraction of sp³-hybridized carbons (Fsp3) is 0.276. The van der Waals surface area contributed by atoms with Gasteiger partial charge in [-0.3, -0.25) is 4.98 Å². The van der Waals surface area contributed by atoms with E-state index < -0.39 is 0 Å². The van der Waals surface area contributed by atoms with Crippen molar-refractivity contribution < 1.29 is 0 Å². The average Bonchev–Trinajstić information content (AvgIpc) is 2.81. The Bertz CT molecular complexity index is 1270. The minimum Gasteiger partial charge on any atom is -0.256 e. The Labute approximate surface area is 179 Å². The molecule has 0 saturated carbocycles. The van der Waals surface area contributed by atoms with Crippen molar-refractivity contribution in [2.24, 2.45) is 5.41 Å². The van der Waals surface area contributed by atoms with E-state index in [-0.39, 0.29) is 5.41 Å². The van der Waals surface area contributed by atoms with Crippen LogP contribution in [0.4, 0.5) is 0 Å². The highest BCUT2D eigenvalue weighted by molar-refractivity contribution is 6.12. The smallest absolute Gasteiger partial charge is 0.0792 e. The van der Waals surface area contributed by atoms with Crippen molar-refractivity contribution in [3.05, 3.63) is 78.0 Å². The Morgan fingerprint density at radius 3 is 2.20 bits per heavy atom. The normalized spacial score (nSPS) is 12.6. The molecule has 1 aliphatic carbocycles. The van der Waals surface area contributed by atoms with Gasteiger partial charge in [-0.1, -0.05) is 89.2 Å². The number of nitrogens with zero attached hydrogens (tertiary/aromatic N) is 1. The monoisotopic (exact) mass is 391 g/mol. The second kappa shape index (κ2) is 6.80. The van der Waals surface area contributed by atoms with Crippen molar-refractivity contribution in [2.45, 2.75) is 47.0 Å². The molecule has 0 saturated heterocycles. The largest absolute Gasteiger partial charge is 0.256 e. The van der Waals surface area contributed by atoms with Crippen molar-refractivity contribution in [3.8, 4) is 33.5 Å². The minimum absolute atomic E-state index is 0.246. The van der Waals surface area contributed by atoms with Crippen molar-refractivity contribution in [1.82, 2.24) is 4.98 Å². The van der Waals surface area contributed by atoms with Gasteiger partial charge in [-0.2, -0.15) is 0 Å². The van der Waals surface area contributed by atoms with Gasteiger partial charge in [0.05, 0.1) is 5.69 Å². The fourth-order valence-electron chi connectivity index (χ4n) is 4.81. The Kier molecular flexibility index (Phi) is 4.32. The molecule has 5 rings (SSSR count). The molecule has 0 fully saturated rings. The molecule has 0 N–H and O–H groups in total. The predicted molar refractivity (Wildman–Crippen MR) is 129 cm³/mol. The molecular weight excluding hydrogens is 362 g/mol. The van der Waals surface area contributed by atoms with Crippen LogP contribution in [-0.2, 0) is 6.42 Å². The summed E-state index contributed by atoms with van der Waals surface area (Å²) in [5.41, 5.74) is 10.6. The molecule has 1 heteroatoms. The van der Waals surface area contributed by atoms with Crippen molar-refractivity contribution in [1.29, 1.82) is 0 Å². The minimum atomic E-state index is 0.246. The van der Waals surface area contributed by atoms with Gasteiger partial charge in [-0.05, 0) is 62.6 Å². The topological polar surface area (TPSA) is 12.9 Å². The van der Waals surface area contributed by atoms with Gasteiger partial charge in [0.1, 0.15) is 0 Å². The van der Waals surface area contributed by atoms with Crippen LogP contribution in [0.2, 0.25) is 0 Å². The quantitative estimate of drug-likeness (QED) is 0.295. The molecule has 0 amide bonds. The van der Waals surface area contributed by atoms with E-state index in [0.717, 1.165) is 12.1 Å². The van der Waals surface area contributed by atoms with Crippen LogP contribution in [-0.4, -0.2) is 4.98 Å². The highest BCUT2D eigenvalue weighted by atomic mass is 14.7. The molecular formula is C29H29N. The van der Waals surface area contributed by atoms with Gasteiger partial charge in [0.2, 0.25) is 0 Å². The zero-order chi connectivity index (χ0) is 21.0. The number of pyridine rings is 1. The number of rotatable bonds is 2. The summed E-state index contributed by atoms with van der Waals surface area (Å²) in [4.78, 5) is 4.90. The van der Waals surface area contributed by atoms with Crippen LogP contribution in [0.15, 0.2) is 66.9 Å². The van der Waals surface area contributed by atoms with E-state index >= 15 is 0 Å². The molecule has 150 valence electrons.